The zero-order chi connectivity index (χ0) is 7.28. The monoisotopic (exact) mass is 169 g/mol. The van der Waals surface area contributed by atoms with Gasteiger partial charge >= 0.3 is 51.4 Å². The molecule has 0 rings (SSSR count). The van der Waals surface area contributed by atoms with Gasteiger partial charge in [0.1, 0.15) is 0 Å². The molecule has 0 saturated carbocycles. The van der Waals surface area contributed by atoms with Crippen LogP contribution in [0.15, 0.2) is 0 Å². The molecule has 3 nitrogen and oxygen atoms in total. The second-order valence-electron chi connectivity index (χ2n) is 1.83. The molecule has 0 saturated heterocycles. The molecule has 0 spiro atoms. The van der Waals surface area contributed by atoms with Crippen molar-refractivity contribution in [2.75, 3.05) is 19.6 Å². The van der Waals surface area contributed by atoms with E-state index in [1.807, 2.05) is 13.8 Å². The minimum Gasteiger partial charge on any atom is -0.549 e. The number of carboxylic acid groups (broad SMARTS) is 1. The van der Waals surface area contributed by atoms with E-state index in [2.05, 4.69) is 0 Å². The summed E-state index contributed by atoms with van der Waals surface area (Å²) < 4.78 is 0. The minimum absolute atomic E-state index is 0. The van der Waals surface area contributed by atoms with Crippen molar-refractivity contribution in [3.8, 4) is 0 Å². The van der Waals surface area contributed by atoms with Gasteiger partial charge in [-0.2, -0.15) is 0 Å². The van der Waals surface area contributed by atoms with Crippen molar-refractivity contribution in [3.05, 3.63) is 0 Å². The Balaban J connectivity index is 0. The number of likely N-dealkylation sites (N-methyl/N-ethyl adjacent to an activating group) is 1. The second kappa shape index (κ2) is 8.17. The van der Waals surface area contributed by atoms with Gasteiger partial charge < -0.3 is 9.90 Å². The van der Waals surface area contributed by atoms with Crippen molar-refractivity contribution >= 4 is 5.97 Å². The maximum absolute atomic E-state index is 9.97. The summed E-state index contributed by atoms with van der Waals surface area (Å²) in [5.41, 5.74) is 0. The second-order valence-corrected chi connectivity index (χ2v) is 1.83. The van der Waals surface area contributed by atoms with Crippen LogP contribution >= 0.6 is 0 Å². The molecule has 54 valence electrons. The molecule has 0 aliphatic carbocycles. The predicted molar refractivity (Wildman–Crippen MR) is 32.8 cm³/mol. The smallest absolute Gasteiger partial charge is 0.549 e. The first-order valence-electron chi connectivity index (χ1n) is 3.12. The van der Waals surface area contributed by atoms with E-state index in [1.165, 1.54) is 0 Å². The Morgan fingerprint density at radius 1 is 1.40 bits per heavy atom. The molecule has 0 bridgehead atoms. The number of carbonyl (C=O) groups is 1. The molecule has 0 radical (unpaired) electrons. The molecule has 4 heteroatoms. The largest absolute Gasteiger partial charge is 1.00 e. The van der Waals surface area contributed by atoms with Crippen LogP contribution in [0.4, 0.5) is 0 Å². The van der Waals surface area contributed by atoms with E-state index in [-0.39, 0.29) is 57.9 Å². The standard InChI is InChI=1S/C6H13NO2.K/c1-3-7(4-2)5-6(8)9;/h3-5H2,1-2H3,(H,8,9);/q;+1/p-1. The van der Waals surface area contributed by atoms with Crippen LogP contribution in [-0.4, -0.2) is 30.5 Å². The summed E-state index contributed by atoms with van der Waals surface area (Å²) in [7, 11) is 0. The van der Waals surface area contributed by atoms with Crippen molar-refractivity contribution in [3.63, 3.8) is 0 Å². The number of nitrogens with zero attached hydrogens (tertiary/aromatic N) is 1. The molecule has 0 fully saturated rings. The first kappa shape index (κ1) is 13.6. The van der Waals surface area contributed by atoms with Crippen molar-refractivity contribution in [1.82, 2.24) is 4.90 Å². The van der Waals surface area contributed by atoms with Crippen LogP contribution in [0, 0.1) is 0 Å². The van der Waals surface area contributed by atoms with E-state index < -0.39 is 5.97 Å². The van der Waals surface area contributed by atoms with E-state index in [4.69, 9.17) is 0 Å². The number of carbonyl (C=O) groups excluding carboxylic acids is 1. The van der Waals surface area contributed by atoms with Crippen LogP contribution in [-0.2, 0) is 4.79 Å². The SMILES string of the molecule is CCN(CC)CC(=O)[O-].[K+]. The molecule has 0 aromatic rings. The molecule has 10 heavy (non-hydrogen) atoms. The van der Waals surface area contributed by atoms with Crippen LogP contribution in [0.2, 0.25) is 0 Å². The number of hydrogen-bond acceptors (Lipinski definition) is 3. The minimum atomic E-state index is -1.00. The first-order chi connectivity index (χ1) is 4.20. The summed E-state index contributed by atoms with van der Waals surface area (Å²) in [4.78, 5) is 11.8. The van der Waals surface area contributed by atoms with Gasteiger partial charge in [0.15, 0.2) is 0 Å². The maximum atomic E-state index is 9.97. The van der Waals surface area contributed by atoms with Crippen molar-refractivity contribution < 1.29 is 61.3 Å². The van der Waals surface area contributed by atoms with Gasteiger partial charge in [0.05, 0.1) is 5.97 Å². The van der Waals surface area contributed by atoms with E-state index >= 15 is 0 Å². The fraction of sp³-hybridized carbons (Fsp3) is 0.833. The Bertz CT molecular complexity index is 93.7. The normalized spacial score (nSPS) is 9.10. The number of carboxylic acids is 1. The van der Waals surface area contributed by atoms with Crippen LogP contribution in [0.5, 0.6) is 0 Å². The van der Waals surface area contributed by atoms with Gasteiger partial charge in [0, 0.05) is 6.54 Å². The molecule has 0 heterocycles. The molecule has 0 aromatic heterocycles. The van der Waals surface area contributed by atoms with Gasteiger partial charge in [-0.05, 0) is 13.1 Å². The van der Waals surface area contributed by atoms with Gasteiger partial charge in [0.2, 0.25) is 0 Å². The fourth-order valence-corrected chi connectivity index (χ4v) is 0.630. The number of rotatable bonds is 4. The molecule has 0 unspecified atom stereocenters. The Labute approximate surface area is 104 Å². The zero-order valence-electron chi connectivity index (χ0n) is 6.89. The first-order valence-corrected chi connectivity index (χ1v) is 3.12. The topological polar surface area (TPSA) is 43.4 Å². The van der Waals surface area contributed by atoms with Gasteiger partial charge in [-0.1, -0.05) is 13.8 Å². The third kappa shape index (κ3) is 7.18. The molecule has 0 N–H and O–H groups in total. The van der Waals surface area contributed by atoms with Gasteiger partial charge in [-0.15, -0.1) is 0 Å². The molecule has 0 atom stereocenters. The molecule has 0 amide bonds. The van der Waals surface area contributed by atoms with Crippen molar-refractivity contribution in [1.29, 1.82) is 0 Å². The van der Waals surface area contributed by atoms with Gasteiger partial charge in [-0.25, -0.2) is 0 Å². The van der Waals surface area contributed by atoms with Gasteiger partial charge in [0.25, 0.3) is 0 Å². The summed E-state index contributed by atoms with van der Waals surface area (Å²) in [6.45, 7) is 5.43. The molecular formula is C6H12KNO2. The van der Waals surface area contributed by atoms with Crippen LogP contribution < -0.4 is 56.5 Å². The Morgan fingerprint density at radius 3 is 1.90 bits per heavy atom. The van der Waals surface area contributed by atoms with Gasteiger partial charge in [-0.3, -0.25) is 4.90 Å². The van der Waals surface area contributed by atoms with Crippen molar-refractivity contribution in [2.45, 2.75) is 13.8 Å². The van der Waals surface area contributed by atoms with Crippen LogP contribution in [0.3, 0.4) is 0 Å². The average Bonchev–Trinajstić information content (AvgIpc) is 1.82. The Kier molecular flexibility index (Phi) is 11.1. The fourth-order valence-electron chi connectivity index (χ4n) is 0.630. The predicted octanol–water partition coefficient (Wildman–Crippen LogP) is -3.92. The zero-order valence-corrected chi connectivity index (χ0v) is 10.0. The molecular weight excluding hydrogens is 157 g/mol. The van der Waals surface area contributed by atoms with E-state index in [9.17, 15) is 9.90 Å². The van der Waals surface area contributed by atoms with Crippen molar-refractivity contribution in [2.24, 2.45) is 0 Å². The van der Waals surface area contributed by atoms with Crippen LogP contribution in [0.25, 0.3) is 0 Å². The van der Waals surface area contributed by atoms with Crippen LogP contribution in [0.1, 0.15) is 13.8 Å². The average molecular weight is 169 g/mol. The molecule has 0 aromatic carbocycles. The van der Waals surface area contributed by atoms with E-state index in [0.717, 1.165) is 13.1 Å². The number of hydrogen-bond donors (Lipinski definition) is 0. The summed E-state index contributed by atoms with van der Waals surface area (Å²) >= 11 is 0. The van der Waals surface area contributed by atoms with E-state index in [0.29, 0.717) is 0 Å². The summed E-state index contributed by atoms with van der Waals surface area (Å²) in [6.07, 6.45) is 0. The quantitative estimate of drug-likeness (QED) is 0.404. The Morgan fingerprint density at radius 2 is 1.80 bits per heavy atom. The van der Waals surface area contributed by atoms with E-state index in [1.54, 1.807) is 4.90 Å². The summed E-state index contributed by atoms with van der Waals surface area (Å²) in [6, 6.07) is 0. The third-order valence-electron chi connectivity index (χ3n) is 1.25. The Hall–Kier alpha value is 1.07. The molecule has 0 aliphatic heterocycles. The summed E-state index contributed by atoms with van der Waals surface area (Å²) in [5, 5.41) is 9.97. The number of aliphatic carboxylic acids is 1. The molecule has 0 aliphatic rings. The summed E-state index contributed by atoms with van der Waals surface area (Å²) in [5.74, 6) is -1.00. The third-order valence-corrected chi connectivity index (χ3v) is 1.25. The maximum Gasteiger partial charge on any atom is 1.00 e.